The van der Waals surface area contributed by atoms with Crippen LogP contribution >= 0.6 is 0 Å². The van der Waals surface area contributed by atoms with Crippen molar-refractivity contribution in [2.24, 2.45) is 0 Å². The lowest BCUT2D eigenvalue weighted by Crippen LogP contribution is -2.67. The second-order valence-electron chi connectivity index (χ2n) is 9.30. The second-order valence-corrected chi connectivity index (χ2v) is 13.6. The molecule has 174 valence electrons. The van der Waals surface area contributed by atoms with Crippen molar-refractivity contribution in [2.75, 3.05) is 6.61 Å². The Labute approximate surface area is 194 Å². The molecule has 1 aromatic heterocycles. The van der Waals surface area contributed by atoms with Crippen LogP contribution in [0.25, 0.3) is 0 Å². The second kappa shape index (κ2) is 9.18. The normalized spacial score (nSPS) is 21.3. The fraction of sp³-hybridized carbons (Fsp3) is 0.375. The van der Waals surface area contributed by atoms with Gasteiger partial charge < -0.3 is 24.4 Å². The van der Waals surface area contributed by atoms with Crippen LogP contribution in [-0.4, -0.2) is 46.7 Å². The minimum Gasteiger partial charge on any atom is -0.405 e. The fourth-order valence-electron chi connectivity index (χ4n) is 4.68. The number of imidazole rings is 1. The van der Waals surface area contributed by atoms with E-state index in [0.717, 1.165) is 10.4 Å². The van der Waals surface area contributed by atoms with Crippen LogP contribution in [0.1, 0.15) is 33.4 Å². The monoisotopic (exact) mass is 467 g/mol. The lowest BCUT2D eigenvalue weighted by Gasteiger charge is -2.43. The average molecular weight is 468 g/mol. The smallest absolute Gasteiger partial charge is 0.405 e. The molecular weight excluding hydrogens is 438 g/mol. The number of hydrogen-bond acceptors (Lipinski definition) is 6. The zero-order valence-electron chi connectivity index (χ0n) is 19.0. The predicted octanol–water partition coefficient (Wildman–Crippen LogP) is 3.02. The highest BCUT2D eigenvalue weighted by molar-refractivity contribution is 6.99. The van der Waals surface area contributed by atoms with E-state index in [2.05, 4.69) is 50.0 Å². The van der Waals surface area contributed by atoms with Crippen molar-refractivity contribution in [3.05, 3.63) is 83.2 Å². The Hall–Kier alpha value is -2.85. The molecule has 2 heterocycles. The van der Waals surface area contributed by atoms with Crippen molar-refractivity contribution in [3.63, 3.8) is 0 Å². The highest BCUT2D eigenvalue weighted by atomic mass is 28.4. The van der Waals surface area contributed by atoms with Crippen LogP contribution in [-0.2, 0) is 9.16 Å². The lowest BCUT2D eigenvalue weighted by molar-refractivity contribution is -0.398. The highest BCUT2D eigenvalue weighted by Crippen LogP contribution is 2.38. The van der Waals surface area contributed by atoms with E-state index in [-0.39, 0.29) is 24.0 Å². The average Bonchev–Trinajstić information content (AvgIpc) is 3.42. The van der Waals surface area contributed by atoms with Crippen LogP contribution in [0, 0.1) is 10.1 Å². The summed E-state index contributed by atoms with van der Waals surface area (Å²) in [6.45, 7) is 6.72. The molecule has 1 aliphatic rings. The van der Waals surface area contributed by atoms with E-state index in [9.17, 15) is 15.2 Å². The van der Waals surface area contributed by atoms with Crippen molar-refractivity contribution in [2.45, 2.75) is 50.7 Å². The molecule has 3 aromatic rings. The van der Waals surface area contributed by atoms with Crippen LogP contribution in [0.4, 0.5) is 5.95 Å². The molecule has 1 aliphatic heterocycles. The SMILES string of the molecule is CC(C)(C)[Si](OCC1OC(n2ccnc2[N+](=O)[O-])CC1O)(c1ccccc1)c1ccccc1. The molecule has 1 N–H and O–H groups in total. The molecule has 3 unspecified atom stereocenters. The van der Waals surface area contributed by atoms with E-state index < -0.39 is 31.7 Å². The van der Waals surface area contributed by atoms with Crippen LogP contribution < -0.4 is 10.4 Å². The molecule has 2 aromatic carbocycles. The predicted molar refractivity (Wildman–Crippen MR) is 127 cm³/mol. The Morgan fingerprint density at radius 3 is 2.24 bits per heavy atom. The third-order valence-corrected chi connectivity index (χ3v) is 11.2. The van der Waals surface area contributed by atoms with Gasteiger partial charge in [-0.1, -0.05) is 86.4 Å². The fourth-order valence-corrected chi connectivity index (χ4v) is 9.25. The van der Waals surface area contributed by atoms with E-state index in [1.807, 2.05) is 36.4 Å². The van der Waals surface area contributed by atoms with Gasteiger partial charge >= 0.3 is 5.95 Å². The van der Waals surface area contributed by atoms with Crippen molar-refractivity contribution in [1.29, 1.82) is 0 Å². The number of aliphatic hydroxyl groups excluding tert-OH is 1. The van der Waals surface area contributed by atoms with Gasteiger partial charge in [0.2, 0.25) is 0 Å². The zero-order valence-corrected chi connectivity index (χ0v) is 20.0. The maximum atomic E-state index is 11.3. The van der Waals surface area contributed by atoms with Crippen LogP contribution in [0.15, 0.2) is 73.1 Å². The first-order chi connectivity index (χ1) is 15.7. The standard InChI is InChI=1S/C24H29N3O5Si/c1-24(2,3)33(18-10-6-4-7-11-18,19-12-8-5-9-13-19)31-17-21-20(28)16-22(32-21)26-15-14-25-23(26)27(29)30/h4-15,20-22,28H,16-17H2,1-3H3. The number of rotatable bonds is 7. The Morgan fingerprint density at radius 2 is 1.73 bits per heavy atom. The van der Waals surface area contributed by atoms with Gasteiger partial charge in [0.1, 0.15) is 18.5 Å². The van der Waals surface area contributed by atoms with Crippen LogP contribution in [0.3, 0.4) is 0 Å². The Balaban J connectivity index is 1.64. The number of ether oxygens (including phenoxy) is 1. The molecule has 3 atom stereocenters. The minimum absolute atomic E-state index is 0.174. The summed E-state index contributed by atoms with van der Waals surface area (Å²) in [5.41, 5.74) is 0. The summed E-state index contributed by atoms with van der Waals surface area (Å²) >= 11 is 0. The topological polar surface area (TPSA) is 99.7 Å². The van der Waals surface area contributed by atoms with Gasteiger partial charge in [0, 0.05) is 6.42 Å². The summed E-state index contributed by atoms with van der Waals surface area (Å²) in [5, 5.41) is 24.1. The first kappa shape index (κ1) is 23.3. The summed E-state index contributed by atoms with van der Waals surface area (Å²) in [4.78, 5) is 14.5. The Morgan fingerprint density at radius 1 is 1.15 bits per heavy atom. The van der Waals surface area contributed by atoms with Gasteiger partial charge in [-0.05, 0) is 20.3 Å². The quantitative estimate of drug-likeness (QED) is 0.326. The highest BCUT2D eigenvalue weighted by Gasteiger charge is 2.51. The number of aromatic nitrogens is 2. The molecule has 9 heteroatoms. The van der Waals surface area contributed by atoms with Gasteiger partial charge in [0.05, 0.1) is 12.7 Å². The third-order valence-electron chi connectivity index (χ3n) is 6.21. The maximum absolute atomic E-state index is 11.3. The molecule has 0 saturated carbocycles. The summed E-state index contributed by atoms with van der Waals surface area (Å²) in [6, 6.07) is 20.5. The van der Waals surface area contributed by atoms with Crippen LogP contribution in [0.5, 0.6) is 0 Å². The largest absolute Gasteiger partial charge is 0.436 e. The van der Waals surface area contributed by atoms with E-state index >= 15 is 0 Å². The number of benzene rings is 2. The van der Waals surface area contributed by atoms with Crippen molar-refractivity contribution >= 4 is 24.6 Å². The van der Waals surface area contributed by atoms with E-state index in [1.54, 1.807) is 0 Å². The molecule has 0 amide bonds. The summed E-state index contributed by atoms with van der Waals surface area (Å²) in [6.07, 6.45) is 0.997. The van der Waals surface area contributed by atoms with Gasteiger partial charge in [-0.3, -0.25) is 0 Å². The number of nitrogens with zero attached hydrogens (tertiary/aromatic N) is 3. The van der Waals surface area contributed by atoms with Gasteiger partial charge in [-0.2, -0.15) is 0 Å². The summed E-state index contributed by atoms with van der Waals surface area (Å²) in [7, 11) is -2.78. The number of hydrogen-bond donors (Lipinski definition) is 1. The van der Waals surface area contributed by atoms with Crippen LogP contribution in [0.2, 0.25) is 5.04 Å². The zero-order chi connectivity index (χ0) is 23.6. The summed E-state index contributed by atoms with van der Waals surface area (Å²) < 4.78 is 14.3. The maximum Gasteiger partial charge on any atom is 0.436 e. The molecule has 33 heavy (non-hydrogen) atoms. The molecule has 4 rings (SSSR count). The van der Waals surface area contributed by atoms with Crippen molar-refractivity contribution in [1.82, 2.24) is 9.55 Å². The van der Waals surface area contributed by atoms with Crippen molar-refractivity contribution < 1.29 is 19.2 Å². The van der Waals surface area contributed by atoms with Gasteiger partial charge in [-0.15, -0.1) is 0 Å². The first-order valence-electron chi connectivity index (χ1n) is 11.0. The van der Waals surface area contributed by atoms with E-state index in [1.165, 1.54) is 17.0 Å². The van der Waals surface area contributed by atoms with E-state index in [0.29, 0.717) is 0 Å². The third kappa shape index (κ3) is 4.37. The molecule has 8 nitrogen and oxygen atoms in total. The molecule has 0 spiro atoms. The molecule has 1 fully saturated rings. The molecule has 1 saturated heterocycles. The molecule has 0 bridgehead atoms. The lowest BCUT2D eigenvalue weighted by atomic mass is 10.2. The van der Waals surface area contributed by atoms with Gasteiger partial charge in [-0.25, -0.2) is 4.57 Å². The Bertz CT molecular complexity index is 1040. The number of nitro groups is 1. The minimum atomic E-state index is -2.78. The Kier molecular flexibility index (Phi) is 6.49. The first-order valence-corrected chi connectivity index (χ1v) is 12.9. The molecule has 0 radical (unpaired) electrons. The van der Waals surface area contributed by atoms with Gasteiger partial charge in [0.25, 0.3) is 8.32 Å². The molecular formula is C24H29N3O5Si. The van der Waals surface area contributed by atoms with E-state index in [4.69, 9.17) is 9.16 Å². The summed E-state index contributed by atoms with van der Waals surface area (Å²) in [5.74, 6) is -0.305. The number of aliphatic hydroxyl groups is 1. The molecule has 0 aliphatic carbocycles. The van der Waals surface area contributed by atoms with Gasteiger partial charge in [0.15, 0.2) is 6.23 Å². The van der Waals surface area contributed by atoms with Crippen molar-refractivity contribution in [3.8, 4) is 0 Å².